The summed E-state index contributed by atoms with van der Waals surface area (Å²) in [5.41, 5.74) is 1.23. The molecule has 2 N–H and O–H groups in total. The predicted octanol–water partition coefficient (Wildman–Crippen LogP) is 2.85. The van der Waals surface area contributed by atoms with Crippen LogP contribution < -0.4 is 10.6 Å². The third kappa shape index (κ3) is 6.89. The van der Waals surface area contributed by atoms with Gasteiger partial charge in [0.25, 0.3) is 0 Å². The lowest BCUT2D eigenvalue weighted by molar-refractivity contribution is 0.114. The first-order valence-corrected chi connectivity index (χ1v) is 9.72. The smallest absolute Gasteiger partial charge is 0.191 e. The number of benzene rings is 1. The van der Waals surface area contributed by atoms with Gasteiger partial charge in [-0.2, -0.15) is 0 Å². The van der Waals surface area contributed by atoms with Crippen molar-refractivity contribution in [3.8, 4) is 0 Å². The molecule has 1 unspecified atom stereocenters. The van der Waals surface area contributed by atoms with Crippen molar-refractivity contribution in [3.05, 3.63) is 46.5 Å². The Bertz CT molecular complexity index is 758. The van der Waals surface area contributed by atoms with Crippen LogP contribution in [0.25, 0.3) is 0 Å². The molecule has 0 radical (unpaired) electrons. The lowest BCUT2D eigenvalue weighted by atomic mass is 10.1. The van der Waals surface area contributed by atoms with Crippen molar-refractivity contribution in [1.82, 2.24) is 25.4 Å². The molecule has 154 valence electrons. The fourth-order valence-electron chi connectivity index (χ4n) is 2.90. The van der Waals surface area contributed by atoms with Crippen LogP contribution in [0, 0.1) is 6.92 Å². The number of aryl methyl sites for hydroxylation is 1. The Hall–Kier alpha value is -1.39. The van der Waals surface area contributed by atoms with E-state index in [4.69, 9.17) is 16.3 Å². The first-order chi connectivity index (χ1) is 13.1. The van der Waals surface area contributed by atoms with E-state index in [1.54, 1.807) is 0 Å². The minimum atomic E-state index is 0. The number of nitrogens with one attached hydrogen (secondary N) is 2. The summed E-state index contributed by atoms with van der Waals surface area (Å²) in [6, 6.07) is 7.92. The molecule has 1 fully saturated rings. The van der Waals surface area contributed by atoms with E-state index < -0.39 is 0 Å². The van der Waals surface area contributed by atoms with Crippen molar-refractivity contribution in [2.45, 2.75) is 38.8 Å². The molecule has 1 saturated heterocycles. The molecule has 0 spiro atoms. The summed E-state index contributed by atoms with van der Waals surface area (Å²) in [5.74, 6) is 2.48. The number of hydrogen-bond acceptors (Lipinski definition) is 4. The van der Waals surface area contributed by atoms with Crippen LogP contribution in [0.4, 0.5) is 0 Å². The van der Waals surface area contributed by atoms with E-state index in [0.29, 0.717) is 6.54 Å². The molecule has 2 heterocycles. The molecule has 0 saturated carbocycles. The minimum Gasteiger partial charge on any atom is -0.376 e. The fraction of sp³-hybridized carbons (Fsp3) is 0.526. The average Bonchev–Trinajstić information content (AvgIpc) is 3.30. The molecule has 0 aliphatic carbocycles. The second-order valence-corrected chi connectivity index (χ2v) is 7.14. The van der Waals surface area contributed by atoms with Gasteiger partial charge in [-0.15, -0.1) is 34.2 Å². The normalized spacial score (nSPS) is 16.7. The molecule has 1 aromatic heterocycles. The highest BCUT2D eigenvalue weighted by Gasteiger charge is 2.15. The van der Waals surface area contributed by atoms with Crippen LogP contribution in [-0.2, 0) is 24.8 Å². The van der Waals surface area contributed by atoms with Gasteiger partial charge < -0.3 is 19.9 Å². The Morgan fingerprint density at radius 2 is 2.07 bits per heavy atom. The second kappa shape index (κ2) is 11.6. The van der Waals surface area contributed by atoms with E-state index in [1.807, 2.05) is 42.8 Å². The van der Waals surface area contributed by atoms with Crippen LogP contribution >= 0.6 is 35.6 Å². The summed E-state index contributed by atoms with van der Waals surface area (Å²) in [6.45, 7) is 4.78. The highest BCUT2D eigenvalue weighted by Crippen LogP contribution is 2.11. The molecule has 0 bridgehead atoms. The van der Waals surface area contributed by atoms with E-state index in [9.17, 15) is 0 Å². The van der Waals surface area contributed by atoms with E-state index in [1.165, 1.54) is 5.56 Å². The molecule has 9 heteroatoms. The van der Waals surface area contributed by atoms with E-state index >= 15 is 0 Å². The zero-order chi connectivity index (χ0) is 19.1. The maximum Gasteiger partial charge on any atom is 0.191 e. The highest BCUT2D eigenvalue weighted by molar-refractivity contribution is 14.0. The van der Waals surface area contributed by atoms with Crippen molar-refractivity contribution < 1.29 is 4.74 Å². The van der Waals surface area contributed by atoms with Gasteiger partial charge in [-0.3, -0.25) is 0 Å². The average molecular weight is 519 g/mol. The van der Waals surface area contributed by atoms with E-state index in [2.05, 4.69) is 25.8 Å². The van der Waals surface area contributed by atoms with Crippen molar-refractivity contribution >= 4 is 41.5 Å². The quantitative estimate of drug-likeness (QED) is 0.335. The molecule has 28 heavy (non-hydrogen) atoms. The van der Waals surface area contributed by atoms with Crippen molar-refractivity contribution in [3.63, 3.8) is 0 Å². The summed E-state index contributed by atoms with van der Waals surface area (Å²) in [4.78, 5) is 4.67. The van der Waals surface area contributed by atoms with Gasteiger partial charge in [-0.25, -0.2) is 4.99 Å². The van der Waals surface area contributed by atoms with Gasteiger partial charge in [0.1, 0.15) is 12.4 Å². The summed E-state index contributed by atoms with van der Waals surface area (Å²) < 4.78 is 7.64. The molecule has 3 rings (SSSR count). The summed E-state index contributed by atoms with van der Waals surface area (Å²) in [7, 11) is 1.95. The Labute approximate surface area is 188 Å². The standard InChI is InChI=1S/C19H27ClN6O.HI/c1-14-24-25-18(26(14)2)13-23-19(22-12-17-4-3-11-27-17)21-10-9-15-5-7-16(20)8-6-15;/h5-8,17H,3-4,9-13H2,1-2H3,(H2,21,22,23);1H. The number of aromatic nitrogens is 3. The van der Waals surface area contributed by atoms with Crippen LogP contribution in [0.5, 0.6) is 0 Å². The Balaban J connectivity index is 0.00000280. The molecular formula is C19H28ClIN6O. The van der Waals surface area contributed by atoms with Gasteiger partial charge in [0.2, 0.25) is 0 Å². The van der Waals surface area contributed by atoms with E-state index in [0.717, 1.165) is 61.6 Å². The Morgan fingerprint density at radius 1 is 1.29 bits per heavy atom. The number of rotatable bonds is 7. The first kappa shape index (κ1) is 22.9. The van der Waals surface area contributed by atoms with Crippen molar-refractivity contribution in [2.75, 3.05) is 19.7 Å². The molecule has 2 aromatic rings. The highest BCUT2D eigenvalue weighted by atomic mass is 127. The zero-order valence-corrected chi connectivity index (χ0v) is 19.4. The first-order valence-electron chi connectivity index (χ1n) is 9.35. The third-order valence-electron chi connectivity index (χ3n) is 4.70. The molecule has 1 aromatic carbocycles. The van der Waals surface area contributed by atoms with Crippen LogP contribution in [0.3, 0.4) is 0 Å². The molecule has 7 nitrogen and oxygen atoms in total. The van der Waals surface area contributed by atoms with Gasteiger partial charge >= 0.3 is 0 Å². The summed E-state index contributed by atoms with van der Waals surface area (Å²) in [5, 5.41) is 15.8. The number of ether oxygens (including phenoxy) is 1. The SMILES string of the molecule is Cc1nnc(CN=C(NCCc2ccc(Cl)cc2)NCC2CCCO2)n1C.I. The second-order valence-electron chi connectivity index (χ2n) is 6.71. The van der Waals surface area contributed by atoms with Crippen LogP contribution in [0.15, 0.2) is 29.3 Å². The molecule has 1 aliphatic heterocycles. The maximum atomic E-state index is 5.94. The topological polar surface area (TPSA) is 76.4 Å². The minimum absolute atomic E-state index is 0. The number of halogens is 2. The van der Waals surface area contributed by atoms with Crippen molar-refractivity contribution in [2.24, 2.45) is 12.0 Å². The monoisotopic (exact) mass is 518 g/mol. The van der Waals surface area contributed by atoms with Gasteiger partial charge in [-0.1, -0.05) is 23.7 Å². The maximum absolute atomic E-state index is 5.94. The van der Waals surface area contributed by atoms with Gasteiger partial charge in [0, 0.05) is 31.8 Å². The molecular weight excluding hydrogens is 491 g/mol. The largest absolute Gasteiger partial charge is 0.376 e. The lowest BCUT2D eigenvalue weighted by Crippen LogP contribution is -2.42. The zero-order valence-electron chi connectivity index (χ0n) is 16.3. The lowest BCUT2D eigenvalue weighted by Gasteiger charge is -2.15. The van der Waals surface area contributed by atoms with E-state index in [-0.39, 0.29) is 30.1 Å². The summed E-state index contributed by atoms with van der Waals surface area (Å²) in [6.07, 6.45) is 3.36. The fourth-order valence-corrected chi connectivity index (χ4v) is 3.03. The van der Waals surface area contributed by atoms with Crippen LogP contribution in [0.1, 0.15) is 30.1 Å². The number of nitrogens with zero attached hydrogens (tertiary/aromatic N) is 4. The third-order valence-corrected chi connectivity index (χ3v) is 4.95. The van der Waals surface area contributed by atoms with Crippen LogP contribution in [-0.4, -0.2) is 46.5 Å². The van der Waals surface area contributed by atoms with Crippen molar-refractivity contribution in [1.29, 1.82) is 0 Å². The number of hydrogen-bond donors (Lipinski definition) is 2. The van der Waals surface area contributed by atoms with Gasteiger partial charge in [-0.05, 0) is 43.9 Å². The molecule has 0 amide bonds. The Morgan fingerprint density at radius 3 is 2.71 bits per heavy atom. The Kier molecular flexibility index (Phi) is 9.46. The molecule has 1 atom stereocenters. The number of guanidine groups is 1. The van der Waals surface area contributed by atoms with Crippen LogP contribution in [0.2, 0.25) is 5.02 Å². The predicted molar refractivity (Wildman–Crippen MR) is 122 cm³/mol. The summed E-state index contributed by atoms with van der Waals surface area (Å²) >= 11 is 5.94. The molecule has 1 aliphatic rings. The van der Waals surface area contributed by atoms with Gasteiger partial charge in [0.05, 0.1) is 6.10 Å². The number of aliphatic imine (C=N–C) groups is 1. The van der Waals surface area contributed by atoms with Gasteiger partial charge in [0.15, 0.2) is 11.8 Å².